The number of aryl methyl sites for hydroxylation is 1. The van der Waals surface area contributed by atoms with Gasteiger partial charge in [-0.1, -0.05) is 0 Å². The van der Waals surface area contributed by atoms with E-state index in [2.05, 4.69) is 25.7 Å². The molecule has 6 nitrogen and oxygen atoms in total. The first kappa shape index (κ1) is 14.8. The zero-order valence-electron chi connectivity index (χ0n) is 13.4. The summed E-state index contributed by atoms with van der Waals surface area (Å²) in [7, 11) is 0. The van der Waals surface area contributed by atoms with E-state index in [-0.39, 0.29) is 5.60 Å². The van der Waals surface area contributed by atoms with Gasteiger partial charge in [-0.15, -0.1) is 0 Å². The zero-order valence-corrected chi connectivity index (χ0v) is 13.4. The fraction of sp³-hybridized carbons (Fsp3) is 0.588. The van der Waals surface area contributed by atoms with Gasteiger partial charge in [-0.25, -0.2) is 15.0 Å². The molecule has 0 amide bonds. The lowest BCUT2D eigenvalue weighted by Crippen LogP contribution is -2.44. The number of hydrogen-bond acceptors (Lipinski definition) is 5. The van der Waals surface area contributed by atoms with Gasteiger partial charge in [-0.3, -0.25) is 0 Å². The summed E-state index contributed by atoms with van der Waals surface area (Å²) in [5.41, 5.74) is 0.861. The van der Waals surface area contributed by atoms with E-state index >= 15 is 0 Å². The monoisotopic (exact) mass is 314 g/mol. The lowest BCUT2D eigenvalue weighted by atomic mass is 9.84. The molecule has 0 N–H and O–H groups in total. The molecule has 0 aromatic carbocycles. The molecular weight excluding hydrogens is 292 g/mol. The van der Waals surface area contributed by atoms with Gasteiger partial charge in [0.1, 0.15) is 11.5 Å². The van der Waals surface area contributed by atoms with Crippen LogP contribution in [0.4, 0.5) is 0 Å². The van der Waals surface area contributed by atoms with Crippen LogP contribution in [-0.2, 0) is 9.47 Å². The molecule has 0 saturated carbocycles. The van der Waals surface area contributed by atoms with Crippen molar-refractivity contribution >= 4 is 0 Å². The van der Waals surface area contributed by atoms with E-state index in [4.69, 9.17) is 9.47 Å². The summed E-state index contributed by atoms with van der Waals surface area (Å²) < 4.78 is 13.9. The van der Waals surface area contributed by atoms with Gasteiger partial charge in [0.05, 0.1) is 5.60 Å². The van der Waals surface area contributed by atoms with Gasteiger partial charge in [-0.05, 0) is 38.7 Å². The quantitative estimate of drug-likeness (QED) is 0.852. The molecular formula is C17H22N4O2. The molecule has 23 heavy (non-hydrogen) atoms. The smallest absolute Gasteiger partial charge is 0.159 e. The van der Waals surface area contributed by atoms with Gasteiger partial charge < -0.3 is 14.0 Å². The number of nitrogens with zero attached hydrogens (tertiary/aromatic N) is 4. The molecule has 122 valence electrons. The van der Waals surface area contributed by atoms with Crippen LogP contribution >= 0.6 is 0 Å². The summed E-state index contributed by atoms with van der Waals surface area (Å²) >= 11 is 0. The number of rotatable bonds is 2. The molecule has 2 saturated heterocycles. The average molecular weight is 314 g/mol. The molecule has 2 aliphatic rings. The van der Waals surface area contributed by atoms with Crippen molar-refractivity contribution in [2.24, 2.45) is 0 Å². The Labute approximate surface area is 135 Å². The van der Waals surface area contributed by atoms with Gasteiger partial charge in [0.2, 0.25) is 0 Å². The first-order chi connectivity index (χ1) is 11.3. The van der Waals surface area contributed by atoms with Crippen molar-refractivity contribution in [3.8, 4) is 11.5 Å². The number of aromatic nitrogens is 4. The highest BCUT2D eigenvalue weighted by molar-refractivity contribution is 5.49. The maximum atomic E-state index is 6.16. The summed E-state index contributed by atoms with van der Waals surface area (Å²) in [5.74, 6) is 1.69. The average Bonchev–Trinajstić information content (AvgIpc) is 3.05. The van der Waals surface area contributed by atoms with Gasteiger partial charge in [-0.2, -0.15) is 0 Å². The van der Waals surface area contributed by atoms with Gasteiger partial charge in [0, 0.05) is 44.5 Å². The van der Waals surface area contributed by atoms with Gasteiger partial charge in [0.15, 0.2) is 5.82 Å². The third-order valence-electron chi connectivity index (χ3n) is 4.94. The minimum absolute atomic E-state index is 0.0235. The Kier molecular flexibility index (Phi) is 3.87. The van der Waals surface area contributed by atoms with Crippen molar-refractivity contribution in [1.29, 1.82) is 0 Å². The molecule has 0 aliphatic carbocycles. The number of ether oxygens (including phenoxy) is 2. The van der Waals surface area contributed by atoms with E-state index in [1.54, 1.807) is 6.20 Å². The van der Waals surface area contributed by atoms with Gasteiger partial charge >= 0.3 is 0 Å². The second-order valence-electron chi connectivity index (χ2n) is 6.44. The molecule has 6 heteroatoms. The minimum atomic E-state index is -0.0235. The predicted octanol–water partition coefficient (Wildman–Crippen LogP) is 2.55. The zero-order chi connectivity index (χ0) is 15.7. The summed E-state index contributed by atoms with van der Waals surface area (Å²) in [6.45, 7) is 4.30. The molecule has 4 heterocycles. The Morgan fingerprint density at radius 1 is 1.17 bits per heavy atom. The van der Waals surface area contributed by atoms with Crippen molar-refractivity contribution in [2.45, 2.75) is 44.2 Å². The maximum Gasteiger partial charge on any atom is 0.159 e. The van der Waals surface area contributed by atoms with Crippen LogP contribution in [-0.4, -0.2) is 44.9 Å². The van der Waals surface area contributed by atoms with Crippen LogP contribution in [0.25, 0.3) is 11.5 Å². The van der Waals surface area contributed by atoms with Crippen LogP contribution in [0.3, 0.4) is 0 Å². The topological polar surface area (TPSA) is 62.1 Å². The van der Waals surface area contributed by atoms with Crippen LogP contribution in [0.5, 0.6) is 0 Å². The molecule has 0 radical (unpaired) electrons. The second kappa shape index (κ2) is 6.02. The normalized spacial score (nSPS) is 24.0. The third-order valence-corrected chi connectivity index (χ3v) is 4.94. The summed E-state index contributed by atoms with van der Waals surface area (Å²) in [5, 5.41) is 0. The third kappa shape index (κ3) is 2.88. The molecule has 2 aromatic heterocycles. The second-order valence-corrected chi connectivity index (χ2v) is 6.44. The fourth-order valence-electron chi connectivity index (χ4n) is 3.72. The van der Waals surface area contributed by atoms with Crippen LogP contribution in [0.2, 0.25) is 0 Å². The van der Waals surface area contributed by atoms with Crippen LogP contribution < -0.4 is 0 Å². The Balaban J connectivity index is 1.62. The lowest BCUT2D eigenvalue weighted by Gasteiger charge is -2.43. The number of imidazole rings is 1. The summed E-state index contributed by atoms with van der Waals surface area (Å²) in [4.78, 5) is 13.3. The summed E-state index contributed by atoms with van der Waals surface area (Å²) in [6.07, 6.45) is 9.72. The SMILES string of the molecule is Cc1nccc(-c2nccn2C2CCOC3(CCOCC3)C2)n1. The first-order valence-electron chi connectivity index (χ1n) is 8.30. The highest BCUT2D eigenvalue weighted by Gasteiger charge is 2.40. The van der Waals surface area contributed by atoms with Crippen LogP contribution in [0.15, 0.2) is 24.7 Å². The maximum absolute atomic E-state index is 6.16. The molecule has 2 aromatic rings. The van der Waals surface area contributed by atoms with Gasteiger partial charge in [0.25, 0.3) is 0 Å². The molecule has 1 unspecified atom stereocenters. The van der Waals surface area contributed by atoms with Crippen molar-refractivity contribution in [1.82, 2.24) is 19.5 Å². The molecule has 1 spiro atoms. The Morgan fingerprint density at radius 2 is 2.04 bits per heavy atom. The molecule has 4 rings (SSSR count). The van der Waals surface area contributed by atoms with E-state index in [1.807, 2.05) is 19.2 Å². The van der Waals surface area contributed by atoms with E-state index < -0.39 is 0 Å². The minimum Gasteiger partial charge on any atom is -0.381 e. The van der Waals surface area contributed by atoms with Crippen molar-refractivity contribution in [3.63, 3.8) is 0 Å². The lowest BCUT2D eigenvalue weighted by molar-refractivity contribution is -0.144. The molecule has 1 atom stereocenters. The standard InChI is InChI=1S/C17H22N4O2/c1-13-18-6-2-15(20-13)16-19-7-8-21(16)14-3-9-23-17(12-14)4-10-22-11-5-17/h2,6-8,14H,3-5,9-12H2,1H3. The fourth-order valence-corrected chi connectivity index (χ4v) is 3.72. The van der Waals surface area contributed by atoms with Crippen LogP contribution in [0, 0.1) is 6.92 Å². The van der Waals surface area contributed by atoms with E-state index in [1.165, 1.54) is 0 Å². The van der Waals surface area contributed by atoms with Crippen molar-refractivity contribution in [2.75, 3.05) is 19.8 Å². The summed E-state index contributed by atoms with van der Waals surface area (Å²) in [6, 6.07) is 2.32. The Hall–Kier alpha value is -1.79. The number of hydrogen-bond donors (Lipinski definition) is 0. The largest absolute Gasteiger partial charge is 0.381 e. The van der Waals surface area contributed by atoms with E-state index in [9.17, 15) is 0 Å². The Bertz CT molecular complexity index is 673. The molecule has 0 bridgehead atoms. The van der Waals surface area contributed by atoms with Crippen molar-refractivity contribution in [3.05, 3.63) is 30.5 Å². The highest BCUT2D eigenvalue weighted by Crippen LogP contribution is 2.40. The van der Waals surface area contributed by atoms with Crippen LogP contribution in [0.1, 0.15) is 37.5 Å². The first-order valence-corrected chi connectivity index (χ1v) is 8.30. The molecule has 2 fully saturated rings. The molecule has 2 aliphatic heterocycles. The van der Waals surface area contributed by atoms with E-state index in [0.29, 0.717) is 6.04 Å². The highest BCUT2D eigenvalue weighted by atomic mass is 16.5. The van der Waals surface area contributed by atoms with E-state index in [0.717, 1.165) is 62.8 Å². The predicted molar refractivity (Wildman–Crippen MR) is 85.0 cm³/mol. The van der Waals surface area contributed by atoms with Crippen molar-refractivity contribution < 1.29 is 9.47 Å². The Morgan fingerprint density at radius 3 is 2.87 bits per heavy atom.